The summed E-state index contributed by atoms with van der Waals surface area (Å²) >= 11 is 0. The lowest BCUT2D eigenvalue weighted by Crippen LogP contribution is -2.34. The molecule has 73 heavy (non-hydrogen) atoms. The van der Waals surface area contributed by atoms with E-state index in [0.29, 0.717) is 22.9 Å². The minimum Gasteiger partial charge on any atom is -0.457 e. The zero-order valence-corrected chi connectivity index (χ0v) is 39.8. The Bertz CT molecular complexity index is 3250. The van der Waals surface area contributed by atoms with E-state index in [1.165, 1.54) is 97.1 Å². The third-order valence-corrected chi connectivity index (χ3v) is 16.2. The highest BCUT2D eigenvalue weighted by Gasteiger charge is 2.41. The highest BCUT2D eigenvalue weighted by atomic mass is 32.2. The molecule has 4 heterocycles. The van der Waals surface area contributed by atoms with Crippen molar-refractivity contribution in [2.75, 3.05) is 30.2 Å². The van der Waals surface area contributed by atoms with Crippen LogP contribution in [0.1, 0.15) is 38.5 Å². The molecule has 0 radical (unpaired) electrons. The zero-order chi connectivity index (χ0) is 51.3. The molecule has 4 fully saturated rings. The lowest BCUT2D eigenvalue weighted by molar-refractivity contribution is -0.123. The van der Waals surface area contributed by atoms with Crippen LogP contribution in [0.4, 0.5) is 34.1 Å². The van der Waals surface area contributed by atoms with Crippen LogP contribution < -0.4 is 35.0 Å². The van der Waals surface area contributed by atoms with E-state index in [1.807, 2.05) is 0 Å². The van der Waals surface area contributed by atoms with Crippen LogP contribution in [-0.4, -0.2) is 76.2 Å². The molecule has 8 amide bonds. The fourth-order valence-corrected chi connectivity index (χ4v) is 11.4. The fraction of sp³-hybridized carbons (Fsp3) is 0.154. The molecule has 6 aromatic carbocycles. The topological polar surface area (TPSA) is 251 Å². The number of nitrogens with zero attached hydrogens (tertiary/aromatic N) is 4. The van der Waals surface area contributed by atoms with Crippen molar-refractivity contribution < 1.29 is 59.9 Å². The van der Waals surface area contributed by atoms with Crippen LogP contribution in [0.5, 0.6) is 11.5 Å². The van der Waals surface area contributed by atoms with E-state index in [4.69, 9.17) is 4.74 Å². The van der Waals surface area contributed by atoms with Gasteiger partial charge in [-0.25, -0.2) is 26.6 Å². The Hall–Kier alpha value is -8.82. The first-order valence-corrected chi connectivity index (χ1v) is 25.7. The van der Waals surface area contributed by atoms with Gasteiger partial charge in [0.05, 0.1) is 55.2 Å². The van der Waals surface area contributed by atoms with E-state index in [9.17, 15) is 55.2 Å². The predicted octanol–water partition coefficient (Wildman–Crippen LogP) is 5.94. The maximum absolute atomic E-state index is 13.5. The number of hydrogen-bond donors (Lipinski definition) is 2. The van der Waals surface area contributed by atoms with Gasteiger partial charge in [-0.05, 0) is 146 Å². The van der Waals surface area contributed by atoms with Crippen molar-refractivity contribution in [2.24, 2.45) is 0 Å². The van der Waals surface area contributed by atoms with Crippen LogP contribution in [0.25, 0.3) is 0 Å². The highest BCUT2D eigenvalue weighted by Crippen LogP contribution is 2.34. The molecule has 2 atom stereocenters. The van der Waals surface area contributed by atoms with Gasteiger partial charge in [0.15, 0.2) is 0 Å². The first-order valence-electron chi connectivity index (χ1n) is 22.7. The molecule has 2 unspecified atom stereocenters. The Labute approximate surface area is 416 Å². The van der Waals surface area contributed by atoms with E-state index < -0.39 is 55.4 Å². The molecule has 4 aliphatic rings. The number of ether oxygens (including phenoxy) is 1. The summed E-state index contributed by atoms with van der Waals surface area (Å²) in [5.74, 6) is -2.58. The molecule has 0 aliphatic carbocycles. The molecule has 2 N–H and O–H groups in total. The van der Waals surface area contributed by atoms with Crippen molar-refractivity contribution >= 4 is 101 Å². The van der Waals surface area contributed by atoms with Gasteiger partial charge in [-0.15, -0.1) is 0 Å². The normalized spacial score (nSPS) is 18.4. The van der Waals surface area contributed by atoms with Crippen molar-refractivity contribution in [2.45, 2.75) is 70.2 Å². The summed E-state index contributed by atoms with van der Waals surface area (Å²) in [5.41, 5.74) is 1.98. The van der Waals surface area contributed by atoms with Gasteiger partial charge < -0.3 is 15.4 Å². The zero-order valence-electron chi connectivity index (χ0n) is 38.2. The summed E-state index contributed by atoms with van der Waals surface area (Å²) in [7, 11) is -8.06. The number of hydrogen-bond acceptors (Lipinski definition) is 15. The second-order valence-corrected chi connectivity index (χ2v) is 21.2. The summed E-state index contributed by atoms with van der Waals surface area (Å²) in [6.07, 6.45) is 0.0622. The third kappa shape index (κ3) is 9.10. The van der Waals surface area contributed by atoms with Crippen molar-refractivity contribution in [3.05, 3.63) is 146 Å². The summed E-state index contributed by atoms with van der Waals surface area (Å²) in [6.45, 7) is 0. The standard InChI is InChI=1S/C52H40N6O13S2/c59-45-25-26-46(60)55(45)33-5-17-39(18-6-33)72(67,68)41-21-9-35(10-22-41)57-49(63)29-43(51(57)65)53-31-1-13-37(14-2-31)71-38-15-3-32(4-16-38)54-44-30-50(64)58(52(44)66)36-11-23-42(24-12-36)73(69,70)40-19-7-34(8-20-40)56-47(61)27-28-48(56)62/h1-24,43-44,53-54H,25-30H2. The van der Waals surface area contributed by atoms with Gasteiger partial charge in [0, 0.05) is 37.1 Å². The van der Waals surface area contributed by atoms with Gasteiger partial charge in [0.25, 0.3) is 11.8 Å². The second-order valence-electron chi connectivity index (χ2n) is 17.3. The number of carbonyl (C=O) groups excluding carboxylic acids is 8. The predicted molar refractivity (Wildman–Crippen MR) is 262 cm³/mol. The van der Waals surface area contributed by atoms with Crippen LogP contribution in [0.3, 0.4) is 0 Å². The Morgan fingerprint density at radius 3 is 0.877 bits per heavy atom. The maximum atomic E-state index is 13.5. The van der Waals surface area contributed by atoms with E-state index in [2.05, 4.69) is 10.6 Å². The summed E-state index contributed by atoms with van der Waals surface area (Å²) in [4.78, 5) is 105. The first kappa shape index (κ1) is 47.8. The monoisotopic (exact) mass is 1020 g/mol. The quantitative estimate of drug-likeness (QED) is 0.120. The Morgan fingerprint density at radius 1 is 0.342 bits per heavy atom. The number of nitrogens with one attached hydrogen (secondary N) is 2. The van der Waals surface area contributed by atoms with E-state index in [-0.39, 0.29) is 104 Å². The minimum atomic E-state index is -4.03. The third-order valence-electron chi connectivity index (χ3n) is 12.6. The van der Waals surface area contributed by atoms with Crippen LogP contribution in [0.15, 0.2) is 165 Å². The van der Waals surface area contributed by atoms with Gasteiger partial charge in [-0.3, -0.25) is 48.2 Å². The van der Waals surface area contributed by atoms with Gasteiger partial charge in [0.2, 0.25) is 55.1 Å². The van der Waals surface area contributed by atoms with Crippen molar-refractivity contribution in [3.63, 3.8) is 0 Å². The van der Waals surface area contributed by atoms with Gasteiger partial charge in [0.1, 0.15) is 23.6 Å². The summed E-state index contributed by atoms with van der Waals surface area (Å²) in [6, 6.07) is 33.0. The molecule has 0 bridgehead atoms. The number of benzene rings is 6. The first-order chi connectivity index (χ1) is 35.0. The Morgan fingerprint density at radius 2 is 0.603 bits per heavy atom. The molecular weight excluding hydrogens is 981 g/mol. The van der Waals surface area contributed by atoms with Gasteiger partial charge >= 0.3 is 0 Å². The number of amides is 8. The van der Waals surface area contributed by atoms with E-state index in [0.717, 1.165) is 19.6 Å². The van der Waals surface area contributed by atoms with Crippen molar-refractivity contribution in [1.29, 1.82) is 0 Å². The second kappa shape index (κ2) is 18.7. The number of carbonyl (C=O) groups is 8. The molecule has 19 nitrogen and oxygen atoms in total. The summed E-state index contributed by atoms with van der Waals surface area (Å²) < 4.78 is 59.6. The van der Waals surface area contributed by atoms with Gasteiger partial charge in [-0.2, -0.15) is 0 Å². The Kier molecular flexibility index (Phi) is 12.3. The van der Waals surface area contributed by atoms with Crippen LogP contribution >= 0.6 is 0 Å². The van der Waals surface area contributed by atoms with Crippen molar-refractivity contribution in [1.82, 2.24) is 0 Å². The Balaban J connectivity index is 0.711. The molecular formula is C52H40N6O13S2. The molecule has 0 spiro atoms. The summed E-state index contributed by atoms with van der Waals surface area (Å²) in [5, 5.41) is 6.15. The number of imide groups is 4. The number of anilines is 6. The molecule has 0 saturated carbocycles. The fourth-order valence-electron chi connectivity index (χ4n) is 8.91. The SMILES string of the molecule is O=C1CCC(=O)N1c1ccc(S(=O)(=O)c2ccc(N3C(=O)CC(Nc4ccc(Oc5ccc(NC6CC(=O)N(c7ccc(S(=O)(=O)c8ccc(N9C(=O)CCC9=O)cc8)cc7)C6=O)cc5)cc4)C3=O)cc2)cc1. The van der Waals surface area contributed by atoms with E-state index in [1.54, 1.807) is 48.5 Å². The average molecular weight is 1020 g/mol. The number of sulfone groups is 2. The molecule has 4 aliphatic heterocycles. The maximum Gasteiger partial charge on any atom is 0.256 e. The average Bonchev–Trinajstić information content (AvgIpc) is 4.09. The molecule has 21 heteroatoms. The molecule has 6 aromatic rings. The largest absolute Gasteiger partial charge is 0.457 e. The molecule has 0 aromatic heterocycles. The van der Waals surface area contributed by atoms with Crippen LogP contribution in [0.2, 0.25) is 0 Å². The van der Waals surface area contributed by atoms with E-state index >= 15 is 0 Å². The van der Waals surface area contributed by atoms with Crippen LogP contribution in [0, 0.1) is 0 Å². The highest BCUT2D eigenvalue weighted by molar-refractivity contribution is 7.91. The van der Waals surface area contributed by atoms with Gasteiger partial charge in [-0.1, -0.05) is 0 Å². The molecule has 4 saturated heterocycles. The lowest BCUT2D eigenvalue weighted by atomic mass is 10.2. The molecule has 10 rings (SSSR count). The van der Waals surface area contributed by atoms with Crippen molar-refractivity contribution in [3.8, 4) is 11.5 Å². The lowest BCUT2D eigenvalue weighted by Gasteiger charge is -2.17. The minimum absolute atomic E-state index is 0.0710. The molecule has 368 valence electrons. The number of rotatable bonds is 14. The smallest absolute Gasteiger partial charge is 0.256 e. The van der Waals surface area contributed by atoms with Crippen LogP contribution in [-0.2, 0) is 58.0 Å².